The van der Waals surface area contributed by atoms with Crippen molar-refractivity contribution in [2.75, 3.05) is 0 Å². The first kappa shape index (κ1) is 17.6. The van der Waals surface area contributed by atoms with Crippen molar-refractivity contribution in [1.82, 2.24) is 10.3 Å². The Labute approximate surface area is 161 Å². The molecule has 6 heteroatoms. The number of hydrogen-bond acceptors (Lipinski definition) is 3. The maximum absolute atomic E-state index is 12.7. The first-order chi connectivity index (χ1) is 13.0. The van der Waals surface area contributed by atoms with Crippen molar-refractivity contribution < 1.29 is 9.90 Å². The zero-order chi connectivity index (χ0) is 19.0. The number of nitrogens with one attached hydrogen (secondary N) is 2. The van der Waals surface area contributed by atoms with E-state index in [0.717, 1.165) is 22.0 Å². The molecule has 1 amide bonds. The Morgan fingerprint density at radius 3 is 2.96 bits per heavy atom. The third-order valence-corrected chi connectivity index (χ3v) is 5.34. The van der Waals surface area contributed by atoms with Gasteiger partial charge in [-0.15, -0.1) is 0 Å². The quantitative estimate of drug-likeness (QED) is 0.648. The molecule has 4 rings (SSSR count). The molecule has 1 aliphatic rings. The number of halogens is 1. The van der Waals surface area contributed by atoms with Crippen LogP contribution in [0.3, 0.4) is 0 Å². The number of aromatic nitrogens is 1. The third kappa shape index (κ3) is 3.30. The second-order valence-corrected chi connectivity index (χ2v) is 7.45. The Morgan fingerprint density at radius 2 is 2.15 bits per heavy atom. The maximum Gasteiger partial charge on any atom is 0.267 e. The Balaban J connectivity index is 1.58. The van der Waals surface area contributed by atoms with Crippen LogP contribution in [0.4, 0.5) is 0 Å². The molecule has 0 saturated heterocycles. The highest BCUT2D eigenvalue weighted by molar-refractivity contribution is 6.31. The molecule has 0 saturated carbocycles. The Bertz CT molecular complexity index is 1070. The number of aliphatic hydroxyl groups is 1. The minimum atomic E-state index is -1.25. The molecule has 2 atom stereocenters. The van der Waals surface area contributed by atoms with Crippen LogP contribution < -0.4 is 5.32 Å². The van der Waals surface area contributed by atoms with Crippen LogP contribution in [0, 0.1) is 11.3 Å². The van der Waals surface area contributed by atoms with Crippen LogP contribution in [0.2, 0.25) is 5.02 Å². The number of hydrogen-bond donors (Lipinski definition) is 3. The fraction of sp³-hybridized carbons (Fsp3) is 0.238. The van der Waals surface area contributed by atoms with Gasteiger partial charge in [0, 0.05) is 28.4 Å². The molecule has 0 fully saturated rings. The van der Waals surface area contributed by atoms with Crippen molar-refractivity contribution >= 4 is 28.4 Å². The summed E-state index contributed by atoms with van der Waals surface area (Å²) in [5.41, 5.74) is 1.75. The van der Waals surface area contributed by atoms with Crippen molar-refractivity contribution in [3.8, 4) is 6.07 Å². The van der Waals surface area contributed by atoms with E-state index in [-0.39, 0.29) is 18.4 Å². The Kier molecular flexibility index (Phi) is 4.39. The normalized spacial score (nSPS) is 21.4. The van der Waals surface area contributed by atoms with Gasteiger partial charge in [-0.1, -0.05) is 35.9 Å². The van der Waals surface area contributed by atoms with Crippen LogP contribution in [0.15, 0.2) is 48.5 Å². The number of carbonyl (C=O) groups is 1. The number of nitrogens with zero attached hydrogens (tertiary/aromatic N) is 1. The summed E-state index contributed by atoms with van der Waals surface area (Å²) in [7, 11) is 0. The Morgan fingerprint density at radius 1 is 1.33 bits per heavy atom. The number of carbonyl (C=O) groups excluding carboxylic acids is 1. The second-order valence-electron chi connectivity index (χ2n) is 7.02. The van der Waals surface area contributed by atoms with Crippen LogP contribution in [0.25, 0.3) is 10.9 Å². The summed E-state index contributed by atoms with van der Waals surface area (Å²) in [6.45, 7) is 0. The van der Waals surface area contributed by atoms with Crippen LogP contribution in [-0.4, -0.2) is 22.0 Å². The predicted octanol–water partition coefficient (Wildman–Crippen LogP) is 3.67. The molecule has 0 unspecified atom stereocenters. The van der Waals surface area contributed by atoms with Gasteiger partial charge in [0.15, 0.2) is 0 Å². The van der Waals surface area contributed by atoms with Gasteiger partial charge in [0.2, 0.25) is 0 Å². The van der Waals surface area contributed by atoms with E-state index in [2.05, 4.69) is 16.4 Å². The number of fused-ring (bicyclic) bond motifs is 2. The van der Waals surface area contributed by atoms with E-state index in [1.807, 2.05) is 30.3 Å². The number of benzene rings is 2. The first-order valence-corrected chi connectivity index (χ1v) is 9.13. The van der Waals surface area contributed by atoms with E-state index in [4.69, 9.17) is 16.9 Å². The monoisotopic (exact) mass is 379 g/mol. The topological polar surface area (TPSA) is 88.9 Å². The van der Waals surface area contributed by atoms with Gasteiger partial charge in [0.25, 0.3) is 5.91 Å². The van der Waals surface area contributed by atoms with Gasteiger partial charge in [-0.3, -0.25) is 4.79 Å². The lowest BCUT2D eigenvalue weighted by atomic mass is 9.75. The predicted molar refractivity (Wildman–Crippen MR) is 103 cm³/mol. The summed E-state index contributed by atoms with van der Waals surface area (Å²) in [5, 5.41) is 24.6. The fourth-order valence-electron chi connectivity index (χ4n) is 3.90. The number of rotatable bonds is 3. The smallest absolute Gasteiger partial charge is 0.267 e. The molecule has 0 radical (unpaired) electrons. The number of amides is 1. The van der Waals surface area contributed by atoms with Crippen LogP contribution in [-0.2, 0) is 12.0 Å². The van der Waals surface area contributed by atoms with Crippen molar-refractivity contribution in [1.29, 1.82) is 5.26 Å². The molecule has 1 heterocycles. The molecule has 5 nitrogen and oxygen atoms in total. The van der Waals surface area contributed by atoms with E-state index >= 15 is 0 Å². The lowest BCUT2D eigenvalue weighted by Gasteiger charge is -2.37. The SMILES string of the molecule is N#CC[C@@]1(O)C[C@H](NC(=O)c2cc3cc(Cl)ccc3[nH]2)Cc2ccccc21. The molecule has 3 N–H and O–H groups in total. The zero-order valence-electron chi connectivity index (χ0n) is 14.5. The summed E-state index contributed by atoms with van der Waals surface area (Å²) in [6, 6.07) is 16.5. The average Bonchev–Trinajstić information content (AvgIpc) is 3.05. The summed E-state index contributed by atoms with van der Waals surface area (Å²) in [4.78, 5) is 15.8. The Hall–Kier alpha value is -2.81. The first-order valence-electron chi connectivity index (χ1n) is 8.75. The standard InChI is InChI=1S/C21H18ClN3O2/c22-15-5-6-18-14(9-15)11-19(25-18)20(26)24-16-10-13-3-1-2-4-17(13)21(27,12-16)7-8-23/h1-6,9,11,16,25,27H,7,10,12H2,(H,24,26)/t16-,21-/m1/s1. The van der Waals surface area contributed by atoms with E-state index in [0.29, 0.717) is 23.6 Å². The minimum absolute atomic E-state index is 0.0126. The van der Waals surface area contributed by atoms with Crippen LogP contribution >= 0.6 is 11.6 Å². The molecule has 27 heavy (non-hydrogen) atoms. The van der Waals surface area contributed by atoms with Gasteiger partial charge in [-0.2, -0.15) is 5.26 Å². The molecular formula is C21H18ClN3O2. The number of H-pyrrole nitrogens is 1. The summed E-state index contributed by atoms with van der Waals surface area (Å²) in [6.07, 6.45) is 0.901. The summed E-state index contributed by atoms with van der Waals surface area (Å²) in [5.74, 6) is -0.244. The second kappa shape index (κ2) is 6.73. The van der Waals surface area contributed by atoms with Crippen molar-refractivity contribution in [3.05, 3.63) is 70.4 Å². The van der Waals surface area contributed by atoms with Crippen LogP contribution in [0.5, 0.6) is 0 Å². The molecular weight excluding hydrogens is 362 g/mol. The van der Waals surface area contributed by atoms with E-state index in [1.54, 1.807) is 18.2 Å². The van der Waals surface area contributed by atoms with E-state index in [9.17, 15) is 9.90 Å². The molecule has 0 aliphatic heterocycles. The van der Waals surface area contributed by atoms with E-state index in [1.165, 1.54) is 0 Å². The summed E-state index contributed by atoms with van der Waals surface area (Å²) >= 11 is 6.00. The highest BCUT2D eigenvalue weighted by atomic mass is 35.5. The molecule has 0 bridgehead atoms. The molecule has 136 valence electrons. The average molecular weight is 380 g/mol. The molecule has 0 spiro atoms. The van der Waals surface area contributed by atoms with Gasteiger partial charge in [-0.25, -0.2) is 0 Å². The van der Waals surface area contributed by atoms with Gasteiger partial charge < -0.3 is 15.4 Å². The van der Waals surface area contributed by atoms with Crippen molar-refractivity contribution in [3.63, 3.8) is 0 Å². The third-order valence-electron chi connectivity index (χ3n) is 5.10. The van der Waals surface area contributed by atoms with Crippen LogP contribution in [0.1, 0.15) is 34.5 Å². The highest BCUT2D eigenvalue weighted by Crippen LogP contribution is 2.37. The zero-order valence-corrected chi connectivity index (χ0v) is 15.3. The maximum atomic E-state index is 12.7. The molecule has 2 aromatic carbocycles. The van der Waals surface area contributed by atoms with Crippen molar-refractivity contribution in [2.24, 2.45) is 0 Å². The van der Waals surface area contributed by atoms with Crippen molar-refractivity contribution in [2.45, 2.75) is 30.9 Å². The molecule has 3 aromatic rings. The lowest BCUT2D eigenvalue weighted by Crippen LogP contribution is -2.46. The van der Waals surface area contributed by atoms with Gasteiger partial charge >= 0.3 is 0 Å². The molecule has 1 aromatic heterocycles. The minimum Gasteiger partial charge on any atom is -0.384 e. The fourth-order valence-corrected chi connectivity index (χ4v) is 4.08. The van der Waals surface area contributed by atoms with E-state index < -0.39 is 5.60 Å². The van der Waals surface area contributed by atoms with Gasteiger partial charge in [0.1, 0.15) is 11.3 Å². The lowest BCUT2D eigenvalue weighted by molar-refractivity contribution is 0.0137. The summed E-state index contributed by atoms with van der Waals surface area (Å²) < 4.78 is 0. The van der Waals surface area contributed by atoms with Gasteiger partial charge in [0.05, 0.1) is 12.5 Å². The number of aromatic amines is 1. The largest absolute Gasteiger partial charge is 0.384 e. The van der Waals surface area contributed by atoms with Gasteiger partial charge in [-0.05, 0) is 41.8 Å². The molecule has 1 aliphatic carbocycles. The highest BCUT2D eigenvalue weighted by Gasteiger charge is 2.39. The number of nitriles is 1.